The van der Waals surface area contributed by atoms with E-state index in [-0.39, 0.29) is 34.5 Å². The number of amides is 1. The standard InChI is InChI=1S/C19H23N3O6S/c1-13(2)20-29(26,27)18-11-15(8-9-17(18)28-4)19(23)21(3)12-14-6-5-7-16(10-14)22(24)25/h5-11,13,20H,12H2,1-4H3. The molecule has 0 radical (unpaired) electrons. The Labute approximate surface area is 169 Å². The van der Waals surface area contributed by atoms with Gasteiger partial charge in [0.15, 0.2) is 0 Å². The number of ether oxygens (including phenoxy) is 1. The summed E-state index contributed by atoms with van der Waals surface area (Å²) in [6, 6.07) is 9.79. The van der Waals surface area contributed by atoms with Gasteiger partial charge in [-0.15, -0.1) is 0 Å². The van der Waals surface area contributed by atoms with Crippen LogP contribution in [0, 0.1) is 10.1 Å². The smallest absolute Gasteiger partial charge is 0.269 e. The molecule has 0 saturated heterocycles. The van der Waals surface area contributed by atoms with Crippen molar-refractivity contribution in [2.45, 2.75) is 31.3 Å². The molecule has 0 heterocycles. The molecule has 0 bridgehead atoms. The van der Waals surface area contributed by atoms with Gasteiger partial charge in [0.1, 0.15) is 10.6 Å². The molecular weight excluding hydrogens is 398 g/mol. The molecule has 2 aromatic carbocycles. The van der Waals surface area contributed by atoms with Crippen molar-refractivity contribution in [1.29, 1.82) is 0 Å². The van der Waals surface area contributed by atoms with Crippen molar-refractivity contribution >= 4 is 21.6 Å². The summed E-state index contributed by atoms with van der Waals surface area (Å²) < 4.78 is 32.8. The molecule has 2 aromatic rings. The predicted octanol–water partition coefficient (Wildman–Crippen LogP) is 2.56. The molecule has 0 aliphatic carbocycles. The van der Waals surface area contributed by atoms with E-state index < -0.39 is 20.9 Å². The highest BCUT2D eigenvalue weighted by molar-refractivity contribution is 7.89. The minimum atomic E-state index is -3.88. The van der Waals surface area contributed by atoms with Crippen LogP contribution in [0.1, 0.15) is 29.8 Å². The maximum absolute atomic E-state index is 12.8. The predicted molar refractivity (Wildman–Crippen MR) is 107 cm³/mol. The molecule has 29 heavy (non-hydrogen) atoms. The molecule has 0 aromatic heterocycles. The fraction of sp³-hybridized carbons (Fsp3) is 0.316. The minimum Gasteiger partial charge on any atom is -0.495 e. The Morgan fingerprint density at radius 1 is 1.24 bits per heavy atom. The number of carbonyl (C=O) groups excluding carboxylic acids is 1. The third kappa shape index (κ3) is 5.52. The van der Waals surface area contributed by atoms with Gasteiger partial charge >= 0.3 is 0 Å². The van der Waals surface area contributed by atoms with Crippen LogP contribution in [0.4, 0.5) is 5.69 Å². The van der Waals surface area contributed by atoms with Crippen LogP contribution in [0.3, 0.4) is 0 Å². The van der Waals surface area contributed by atoms with E-state index in [2.05, 4.69) is 4.72 Å². The average Bonchev–Trinajstić information content (AvgIpc) is 2.66. The Balaban J connectivity index is 2.32. The third-order valence-electron chi connectivity index (χ3n) is 3.98. The number of hydrogen-bond acceptors (Lipinski definition) is 6. The van der Waals surface area contributed by atoms with E-state index in [4.69, 9.17) is 4.74 Å². The topological polar surface area (TPSA) is 119 Å². The molecule has 156 valence electrons. The van der Waals surface area contributed by atoms with Gasteiger partial charge in [-0.1, -0.05) is 12.1 Å². The Bertz CT molecular complexity index is 1020. The van der Waals surface area contributed by atoms with Crippen LogP contribution in [0.5, 0.6) is 5.75 Å². The number of nitrogens with zero attached hydrogens (tertiary/aromatic N) is 2. The largest absolute Gasteiger partial charge is 0.495 e. The van der Waals surface area contributed by atoms with E-state index in [1.54, 1.807) is 26.0 Å². The number of nitro benzene ring substituents is 1. The number of nitrogens with one attached hydrogen (secondary N) is 1. The van der Waals surface area contributed by atoms with E-state index >= 15 is 0 Å². The van der Waals surface area contributed by atoms with Gasteiger partial charge in [0.05, 0.1) is 12.0 Å². The molecule has 2 rings (SSSR count). The van der Waals surface area contributed by atoms with Crippen molar-refractivity contribution in [3.8, 4) is 5.75 Å². The van der Waals surface area contributed by atoms with Crippen molar-refractivity contribution in [2.24, 2.45) is 0 Å². The first kappa shape index (κ1) is 22.3. The summed E-state index contributed by atoms with van der Waals surface area (Å²) in [5, 5.41) is 10.9. The van der Waals surface area contributed by atoms with Gasteiger partial charge in [-0.3, -0.25) is 14.9 Å². The maximum Gasteiger partial charge on any atom is 0.269 e. The van der Waals surface area contributed by atoms with E-state index in [1.165, 1.54) is 49.4 Å². The fourth-order valence-electron chi connectivity index (χ4n) is 2.73. The first-order chi connectivity index (χ1) is 13.5. The number of nitro groups is 1. The molecule has 0 aliphatic rings. The lowest BCUT2D eigenvalue weighted by molar-refractivity contribution is -0.384. The van der Waals surface area contributed by atoms with Crippen molar-refractivity contribution < 1.29 is 22.9 Å². The quantitative estimate of drug-likeness (QED) is 0.517. The average molecular weight is 421 g/mol. The SMILES string of the molecule is COc1ccc(C(=O)N(C)Cc2cccc([N+](=O)[O-])c2)cc1S(=O)(=O)NC(C)C. The zero-order valence-electron chi connectivity index (χ0n) is 16.6. The molecule has 0 aliphatic heterocycles. The van der Waals surface area contributed by atoms with E-state index in [1.807, 2.05) is 0 Å². The molecule has 0 unspecified atom stereocenters. The number of sulfonamides is 1. The highest BCUT2D eigenvalue weighted by Gasteiger charge is 2.23. The zero-order chi connectivity index (χ0) is 21.8. The normalized spacial score (nSPS) is 11.3. The maximum atomic E-state index is 12.8. The van der Waals surface area contributed by atoms with Crippen LogP contribution in [-0.4, -0.2) is 44.3 Å². The number of benzene rings is 2. The number of carbonyl (C=O) groups is 1. The van der Waals surface area contributed by atoms with Gasteiger partial charge in [-0.05, 0) is 37.6 Å². The third-order valence-corrected chi connectivity index (χ3v) is 5.66. The number of methoxy groups -OCH3 is 1. The molecular formula is C19H23N3O6S. The molecule has 10 heteroatoms. The molecule has 0 atom stereocenters. The van der Waals surface area contributed by atoms with Gasteiger partial charge < -0.3 is 9.64 Å². The van der Waals surface area contributed by atoms with Crippen LogP contribution in [-0.2, 0) is 16.6 Å². The van der Waals surface area contributed by atoms with Gasteiger partial charge in [-0.25, -0.2) is 13.1 Å². The summed E-state index contributed by atoms with van der Waals surface area (Å²) in [5.41, 5.74) is 0.668. The van der Waals surface area contributed by atoms with Crippen LogP contribution in [0.2, 0.25) is 0 Å². The summed E-state index contributed by atoms with van der Waals surface area (Å²) in [6.45, 7) is 3.50. The zero-order valence-corrected chi connectivity index (χ0v) is 17.4. The van der Waals surface area contributed by atoms with Gasteiger partial charge in [0, 0.05) is 37.3 Å². The van der Waals surface area contributed by atoms with Gasteiger partial charge in [0.25, 0.3) is 11.6 Å². The van der Waals surface area contributed by atoms with Crippen LogP contribution in [0.25, 0.3) is 0 Å². The molecule has 1 N–H and O–H groups in total. The summed E-state index contributed by atoms with van der Waals surface area (Å²) in [4.78, 5) is 24.4. The van der Waals surface area contributed by atoms with Crippen LogP contribution in [0.15, 0.2) is 47.4 Å². The summed E-state index contributed by atoms with van der Waals surface area (Å²) in [6.07, 6.45) is 0. The van der Waals surface area contributed by atoms with E-state index in [0.717, 1.165) is 0 Å². The van der Waals surface area contributed by atoms with E-state index in [9.17, 15) is 23.3 Å². The van der Waals surface area contributed by atoms with Crippen molar-refractivity contribution in [2.75, 3.05) is 14.2 Å². The first-order valence-corrected chi connectivity index (χ1v) is 10.2. The highest BCUT2D eigenvalue weighted by Crippen LogP contribution is 2.26. The number of rotatable bonds is 8. The van der Waals surface area contributed by atoms with Crippen molar-refractivity contribution in [3.63, 3.8) is 0 Å². The van der Waals surface area contributed by atoms with Gasteiger partial charge in [-0.2, -0.15) is 0 Å². The molecule has 1 amide bonds. The molecule has 0 fully saturated rings. The second-order valence-electron chi connectivity index (χ2n) is 6.73. The Morgan fingerprint density at radius 3 is 2.52 bits per heavy atom. The number of non-ortho nitro benzene ring substituents is 1. The second kappa shape index (κ2) is 9.01. The first-order valence-electron chi connectivity index (χ1n) is 8.74. The van der Waals surface area contributed by atoms with E-state index in [0.29, 0.717) is 5.56 Å². The lowest BCUT2D eigenvalue weighted by Gasteiger charge is -2.19. The highest BCUT2D eigenvalue weighted by atomic mass is 32.2. The summed E-state index contributed by atoms with van der Waals surface area (Å²) >= 11 is 0. The summed E-state index contributed by atoms with van der Waals surface area (Å²) in [5.74, 6) is -0.309. The second-order valence-corrected chi connectivity index (χ2v) is 8.41. The number of hydrogen-bond donors (Lipinski definition) is 1. The summed E-state index contributed by atoms with van der Waals surface area (Å²) in [7, 11) is -0.998. The van der Waals surface area contributed by atoms with Crippen LogP contribution < -0.4 is 9.46 Å². The Kier molecular flexibility index (Phi) is 6.93. The fourth-order valence-corrected chi connectivity index (χ4v) is 4.17. The van der Waals surface area contributed by atoms with Crippen molar-refractivity contribution in [3.05, 3.63) is 63.7 Å². The monoisotopic (exact) mass is 421 g/mol. The minimum absolute atomic E-state index is 0.0686. The molecule has 0 saturated carbocycles. The van der Waals surface area contributed by atoms with Gasteiger partial charge in [0.2, 0.25) is 10.0 Å². The van der Waals surface area contributed by atoms with Crippen LogP contribution >= 0.6 is 0 Å². The molecule has 9 nitrogen and oxygen atoms in total. The molecule has 0 spiro atoms. The Morgan fingerprint density at radius 2 is 1.93 bits per heavy atom. The van der Waals surface area contributed by atoms with Crippen molar-refractivity contribution in [1.82, 2.24) is 9.62 Å². The lowest BCUT2D eigenvalue weighted by Crippen LogP contribution is -2.31. The Hall–Kier alpha value is -2.98. The lowest BCUT2D eigenvalue weighted by atomic mass is 10.1.